The number of nitrogens with two attached hydrogens (primary N) is 1. The molecule has 100 valence electrons. The van der Waals surface area contributed by atoms with E-state index in [1.165, 1.54) is 6.07 Å². The van der Waals surface area contributed by atoms with Crippen LogP contribution in [0.2, 0.25) is 0 Å². The van der Waals surface area contributed by atoms with Gasteiger partial charge in [-0.25, -0.2) is 4.39 Å². The van der Waals surface area contributed by atoms with Crippen LogP contribution in [0, 0.1) is 5.82 Å². The number of benzene rings is 1. The summed E-state index contributed by atoms with van der Waals surface area (Å²) in [6, 6.07) is 3.19. The van der Waals surface area contributed by atoms with Crippen LogP contribution in [-0.2, 0) is 11.6 Å². The second kappa shape index (κ2) is 3.70. The maximum Gasteiger partial charge on any atom is 0.419 e. The van der Waals surface area contributed by atoms with Crippen LogP contribution < -0.4 is 5.73 Å². The van der Waals surface area contributed by atoms with Crippen LogP contribution in [0.4, 0.5) is 17.6 Å². The molecule has 0 aliphatic heterocycles. The van der Waals surface area contributed by atoms with E-state index in [2.05, 4.69) is 0 Å². The van der Waals surface area contributed by atoms with Crippen molar-refractivity contribution < 1.29 is 17.6 Å². The van der Waals surface area contributed by atoms with E-state index in [1.807, 2.05) is 0 Å². The zero-order valence-electron chi connectivity index (χ0n) is 10.2. The molecule has 18 heavy (non-hydrogen) atoms. The smallest absolute Gasteiger partial charge is 0.325 e. The van der Waals surface area contributed by atoms with Gasteiger partial charge in [-0.05, 0) is 44.4 Å². The predicted molar refractivity (Wildman–Crippen MR) is 60.6 cm³/mol. The van der Waals surface area contributed by atoms with Crippen LogP contribution in [0.15, 0.2) is 18.2 Å². The molecule has 1 fully saturated rings. The van der Waals surface area contributed by atoms with Crippen LogP contribution in [0.25, 0.3) is 0 Å². The largest absolute Gasteiger partial charge is 0.419 e. The first-order valence-electron chi connectivity index (χ1n) is 5.74. The molecule has 0 aromatic heterocycles. The fraction of sp³-hybridized carbons (Fsp3) is 0.538. The third kappa shape index (κ3) is 2.00. The van der Waals surface area contributed by atoms with Crippen LogP contribution in [-0.4, -0.2) is 5.54 Å². The summed E-state index contributed by atoms with van der Waals surface area (Å²) in [4.78, 5) is 0. The topological polar surface area (TPSA) is 26.0 Å². The lowest BCUT2D eigenvalue weighted by molar-refractivity contribution is -0.140. The van der Waals surface area contributed by atoms with E-state index < -0.39 is 28.5 Å². The molecule has 1 aromatic rings. The first kappa shape index (κ1) is 13.3. The van der Waals surface area contributed by atoms with Crippen molar-refractivity contribution in [2.45, 2.75) is 43.8 Å². The van der Waals surface area contributed by atoms with Crippen LogP contribution in [0.1, 0.15) is 37.8 Å². The Morgan fingerprint density at radius 2 is 1.72 bits per heavy atom. The first-order chi connectivity index (χ1) is 8.08. The fourth-order valence-electron chi connectivity index (χ4n) is 2.47. The molecule has 0 heterocycles. The minimum absolute atomic E-state index is 0.458. The number of rotatable bonds is 2. The summed E-state index contributed by atoms with van der Waals surface area (Å²) in [5.74, 6) is -1.24. The molecule has 0 radical (unpaired) electrons. The lowest BCUT2D eigenvalue weighted by atomic mass is 9.79. The van der Waals surface area contributed by atoms with Gasteiger partial charge in [0.25, 0.3) is 0 Å². The van der Waals surface area contributed by atoms with Crippen molar-refractivity contribution in [1.82, 2.24) is 0 Å². The molecule has 1 nitrogen and oxygen atoms in total. The SMILES string of the molecule is CC(C)(N)C1(c2ccc(F)c(C(F)(F)F)c2)CC1. The minimum atomic E-state index is -4.67. The Balaban J connectivity index is 2.50. The van der Waals surface area contributed by atoms with E-state index in [9.17, 15) is 17.6 Å². The van der Waals surface area contributed by atoms with Gasteiger partial charge in [0, 0.05) is 11.0 Å². The second-order valence-electron chi connectivity index (χ2n) is 5.50. The summed E-state index contributed by atoms with van der Waals surface area (Å²) in [7, 11) is 0. The van der Waals surface area contributed by atoms with Gasteiger partial charge in [0.1, 0.15) is 5.82 Å². The maximum absolute atomic E-state index is 13.2. The van der Waals surface area contributed by atoms with Gasteiger partial charge in [-0.15, -0.1) is 0 Å². The second-order valence-corrected chi connectivity index (χ2v) is 5.50. The highest BCUT2D eigenvalue weighted by Gasteiger charge is 2.54. The molecule has 0 bridgehead atoms. The normalized spacial score (nSPS) is 18.8. The van der Waals surface area contributed by atoms with E-state index in [-0.39, 0.29) is 0 Å². The predicted octanol–water partition coefficient (Wildman–Crippen LogP) is 3.61. The van der Waals surface area contributed by atoms with Crippen molar-refractivity contribution in [1.29, 1.82) is 0 Å². The molecule has 1 aromatic carbocycles. The maximum atomic E-state index is 13.2. The van der Waals surface area contributed by atoms with Gasteiger partial charge in [-0.3, -0.25) is 0 Å². The summed E-state index contributed by atoms with van der Waals surface area (Å²) in [5, 5.41) is 0. The van der Waals surface area contributed by atoms with Crippen LogP contribution >= 0.6 is 0 Å². The quantitative estimate of drug-likeness (QED) is 0.808. The Bertz CT molecular complexity index is 467. The number of hydrogen-bond donors (Lipinski definition) is 1. The highest BCUT2D eigenvalue weighted by atomic mass is 19.4. The Morgan fingerprint density at radius 1 is 1.17 bits per heavy atom. The first-order valence-corrected chi connectivity index (χ1v) is 5.74. The number of halogens is 4. The highest BCUT2D eigenvalue weighted by Crippen LogP contribution is 2.55. The standard InChI is InChI=1S/C13H15F4N/c1-11(2,18)12(5-6-12)8-3-4-10(14)9(7-8)13(15,16)17/h3-4,7H,5-6,18H2,1-2H3. The van der Waals surface area contributed by atoms with Crippen LogP contribution in [0.3, 0.4) is 0 Å². The molecule has 1 aliphatic rings. The summed E-state index contributed by atoms with van der Waals surface area (Å²) >= 11 is 0. The Labute approximate surface area is 103 Å². The molecule has 0 spiro atoms. The number of alkyl halides is 3. The molecule has 5 heteroatoms. The molecule has 0 amide bonds. The average molecular weight is 261 g/mol. The summed E-state index contributed by atoms with van der Waals surface area (Å²) in [6.45, 7) is 3.58. The molecular formula is C13H15F4N. The lowest BCUT2D eigenvalue weighted by Crippen LogP contribution is -2.45. The van der Waals surface area contributed by atoms with E-state index >= 15 is 0 Å². The van der Waals surface area contributed by atoms with Crippen molar-refractivity contribution in [3.63, 3.8) is 0 Å². The van der Waals surface area contributed by atoms with Crippen LogP contribution in [0.5, 0.6) is 0 Å². The monoisotopic (exact) mass is 261 g/mol. The molecule has 0 saturated heterocycles. The molecule has 0 unspecified atom stereocenters. The van der Waals surface area contributed by atoms with Gasteiger partial charge in [-0.2, -0.15) is 13.2 Å². The Morgan fingerprint density at radius 3 is 2.11 bits per heavy atom. The third-order valence-corrected chi connectivity index (χ3v) is 3.81. The van der Waals surface area contributed by atoms with Crippen molar-refractivity contribution >= 4 is 0 Å². The molecule has 2 N–H and O–H groups in total. The van der Waals surface area contributed by atoms with E-state index in [0.29, 0.717) is 5.56 Å². The average Bonchev–Trinajstić information content (AvgIpc) is 2.96. The van der Waals surface area contributed by atoms with Crippen molar-refractivity contribution in [3.05, 3.63) is 35.1 Å². The van der Waals surface area contributed by atoms with Gasteiger partial charge >= 0.3 is 6.18 Å². The number of hydrogen-bond acceptors (Lipinski definition) is 1. The zero-order chi connectivity index (χ0) is 13.8. The van der Waals surface area contributed by atoms with E-state index in [4.69, 9.17) is 5.73 Å². The molecule has 2 rings (SSSR count). The van der Waals surface area contributed by atoms with Gasteiger partial charge in [0.05, 0.1) is 5.56 Å². The summed E-state index contributed by atoms with van der Waals surface area (Å²) < 4.78 is 51.2. The fourth-order valence-corrected chi connectivity index (χ4v) is 2.47. The Hall–Kier alpha value is -1.10. The minimum Gasteiger partial charge on any atom is -0.325 e. The molecule has 0 atom stereocenters. The zero-order valence-corrected chi connectivity index (χ0v) is 10.2. The van der Waals surface area contributed by atoms with Crippen molar-refractivity contribution in [2.24, 2.45) is 5.73 Å². The lowest BCUT2D eigenvalue weighted by Gasteiger charge is -2.31. The molecule has 1 saturated carbocycles. The Kier molecular flexibility index (Phi) is 2.74. The van der Waals surface area contributed by atoms with Gasteiger partial charge in [-0.1, -0.05) is 6.07 Å². The van der Waals surface area contributed by atoms with Gasteiger partial charge in [0.2, 0.25) is 0 Å². The summed E-state index contributed by atoms with van der Waals surface area (Å²) in [6.07, 6.45) is -3.20. The van der Waals surface area contributed by atoms with Crippen molar-refractivity contribution in [2.75, 3.05) is 0 Å². The summed E-state index contributed by atoms with van der Waals surface area (Å²) in [5.41, 5.74) is 4.22. The molecular weight excluding hydrogens is 246 g/mol. The highest BCUT2D eigenvalue weighted by molar-refractivity contribution is 5.40. The van der Waals surface area contributed by atoms with Gasteiger partial charge < -0.3 is 5.73 Å². The third-order valence-electron chi connectivity index (χ3n) is 3.81. The van der Waals surface area contributed by atoms with E-state index in [0.717, 1.165) is 25.0 Å². The van der Waals surface area contributed by atoms with Gasteiger partial charge in [0.15, 0.2) is 0 Å². The van der Waals surface area contributed by atoms with Crippen molar-refractivity contribution in [3.8, 4) is 0 Å². The molecule has 1 aliphatic carbocycles. The van der Waals surface area contributed by atoms with E-state index in [1.54, 1.807) is 13.8 Å².